The van der Waals surface area contributed by atoms with Crippen molar-refractivity contribution in [2.45, 2.75) is 31.8 Å². The fourth-order valence-corrected chi connectivity index (χ4v) is 4.43. The third-order valence-corrected chi connectivity index (χ3v) is 6.54. The van der Waals surface area contributed by atoms with E-state index < -0.39 is 41.1 Å². The number of nitrogens with one attached hydrogen (secondary N) is 2. The maximum Gasteiger partial charge on any atom is 0.306 e. The van der Waals surface area contributed by atoms with Crippen LogP contribution < -0.4 is 15.4 Å². The molecule has 0 heterocycles. The Hall–Kier alpha value is -4.27. The second kappa shape index (κ2) is 12.3. The summed E-state index contributed by atoms with van der Waals surface area (Å²) in [6.45, 7) is 0.0968. The maximum absolute atomic E-state index is 14.6. The monoisotopic (exact) mass is 522 g/mol. The molecule has 2 amide bonds. The molecule has 0 bridgehead atoms. The van der Waals surface area contributed by atoms with E-state index in [1.54, 1.807) is 18.2 Å². The van der Waals surface area contributed by atoms with E-state index in [0.717, 1.165) is 17.2 Å². The first-order valence-corrected chi connectivity index (χ1v) is 12.4. The van der Waals surface area contributed by atoms with Crippen LogP contribution in [0.3, 0.4) is 0 Å². The van der Waals surface area contributed by atoms with E-state index in [1.165, 1.54) is 6.07 Å². The summed E-state index contributed by atoms with van der Waals surface area (Å²) < 4.78 is 34.7. The summed E-state index contributed by atoms with van der Waals surface area (Å²) in [5.74, 6) is -5.39. The molecule has 1 fully saturated rings. The van der Waals surface area contributed by atoms with E-state index in [2.05, 4.69) is 10.6 Å². The van der Waals surface area contributed by atoms with Gasteiger partial charge in [0.25, 0.3) is 11.8 Å². The minimum atomic E-state index is -1.33. The number of aliphatic carboxylic acids is 1. The van der Waals surface area contributed by atoms with E-state index >= 15 is 0 Å². The molecule has 198 valence electrons. The standard InChI is InChI=1S/C29H28F2N2O5/c30-25-23(13-14-24(26(25)31)38-22-11-9-19(10-12-22)29(36)37)28(35)33-16-15-32-27(34)21-8-4-7-20(17-21)18-5-2-1-3-6-18/h1-8,13-14,17,19,22H,9-12,15-16H2,(H,32,34)(H,33,35)(H,36,37). The zero-order valence-corrected chi connectivity index (χ0v) is 20.6. The molecule has 1 aliphatic carbocycles. The number of hydrogen-bond donors (Lipinski definition) is 3. The highest BCUT2D eigenvalue weighted by molar-refractivity contribution is 5.96. The summed E-state index contributed by atoms with van der Waals surface area (Å²) in [4.78, 5) is 36.0. The molecule has 0 radical (unpaired) electrons. The molecule has 0 unspecified atom stereocenters. The van der Waals surface area contributed by atoms with Crippen molar-refractivity contribution in [3.05, 3.63) is 89.5 Å². The third kappa shape index (κ3) is 6.53. The van der Waals surface area contributed by atoms with Gasteiger partial charge in [-0.1, -0.05) is 42.5 Å². The van der Waals surface area contributed by atoms with Gasteiger partial charge in [0.1, 0.15) is 0 Å². The van der Waals surface area contributed by atoms with Crippen molar-refractivity contribution in [3.8, 4) is 16.9 Å². The van der Waals surface area contributed by atoms with Crippen molar-refractivity contribution in [3.63, 3.8) is 0 Å². The molecular weight excluding hydrogens is 494 g/mol. The van der Waals surface area contributed by atoms with Gasteiger partial charge < -0.3 is 20.5 Å². The number of hydrogen-bond acceptors (Lipinski definition) is 4. The van der Waals surface area contributed by atoms with Crippen molar-refractivity contribution >= 4 is 17.8 Å². The largest absolute Gasteiger partial charge is 0.487 e. The molecule has 1 saturated carbocycles. The van der Waals surface area contributed by atoms with Crippen molar-refractivity contribution in [2.24, 2.45) is 5.92 Å². The molecule has 7 nitrogen and oxygen atoms in total. The van der Waals surface area contributed by atoms with Gasteiger partial charge in [-0.05, 0) is 61.1 Å². The van der Waals surface area contributed by atoms with Crippen LogP contribution in [0.5, 0.6) is 5.75 Å². The topological polar surface area (TPSA) is 105 Å². The van der Waals surface area contributed by atoms with Crippen LogP contribution in [0.4, 0.5) is 8.78 Å². The molecule has 0 saturated heterocycles. The quantitative estimate of drug-likeness (QED) is 0.350. The number of rotatable bonds is 9. The van der Waals surface area contributed by atoms with E-state index in [9.17, 15) is 23.2 Å². The second-order valence-electron chi connectivity index (χ2n) is 9.13. The first-order valence-electron chi connectivity index (χ1n) is 12.4. The van der Waals surface area contributed by atoms with Crippen LogP contribution in [0, 0.1) is 17.6 Å². The Bertz CT molecular complexity index is 1310. The SMILES string of the molecule is O=C(NCCNC(=O)c1ccc(OC2CCC(C(=O)O)CC2)c(F)c1F)c1cccc(-c2ccccc2)c1. The highest BCUT2D eigenvalue weighted by Crippen LogP contribution is 2.30. The number of benzene rings is 3. The first kappa shape index (κ1) is 26.8. The first-order chi connectivity index (χ1) is 18.3. The van der Waals surface area contributed by atoms with Crippen LogP contribution >= 0.6 is 0 Å². The molecule has 4 rings (SSSR count). The van der Waals surface area contributed by atoms with Gasteiger partial charge in [0.15, 0.2) is 11.6 Å². The molecular formula is C29H28F2N2O5. The summed E-state index contributed by atoms with van der Waals surface area (Å²) in [6.07, 6.45) is 1.22. The minimum Gasteiger partial charge on any atom is -0.487 e. The van der Waals surface area contributed by atoms with Crippen molar-refractivity contribution in [2.75, 3.05) is 13.1 Å². The predicted molar refractivity (Wildman–Crippen MR) is 137 cm³/mol. The highest BCUT2D eigenvalue weighted by Gasteiger charge is 2.28. The Balaban J connectivity index is 1.27. The number of ether oxygens (including phenoxy) is 1. The fourth-order valence-electron chi connectivity index (χ4n) is 4.43. The highest BCUT2D eigenvalue weighted by atomic mass is 19.2. The van der Waals surface area contributed by atoms with E-state index in [4.69, 9.17) is 9.84 Å². The van der Waals surface area contributed by atoms with Crippen LogP contribution in [0.25, 0.3) is 11.1 Å². The van der Waals surface area contributed by atoms with Gasteiger partial charge in [0, 0.05) is 18.7 Å². The van der Waals surface area contributed by atoms with E-state index in [-0.39, 0.29) is 24.7 Å². The predicted octanol–water partition coefficient (Wildman–Crippen LogP) is 4.81. The van der Waals surface area contributed by atoms with Crippen LogP contribution in [0.15, 0.2) is 66.7 Å². The lowest BCUT2D eigenvalue weighted by molar-refractivity contribution is -0.143. The van der Waals surface area contributed by atoms with Gasteiger partial charge in [-0.25, -0.2) is 4.39 Å². The number of carboxylic acid groups (broad SMARTS) is 1. The smallest absolute Gasteiger partial charge is 0.306 e. The lowest BCUT2D eigenvalue weighted by Gasteiger charge is -2.27. The average molecular weight is 523 g/mol. The van der Waals surface area contributed by atoms with Crippen LogP contribution in [0.2, 0.25) is 0 Å². The van der Waals surface area contributed by atoms with Gasteiger partial charge in [-0.15, -0.1) is 0 Å². The van der Waals surface area contributed by atoms with Gasteiger partial charge in [0.05, 0.1) is 17.6 Å². The molecule has 3 aromatic rings. The van der Waals surface area contributed by atoms with Crippen LogP contribution in [-0.2, 0) is 4.79 Å². The maximum atomic E-state index is 14.6. The molecule has 0 atom stereocenters. The Morgan fingerprint density at radius 2 is 1.45 bits per heavy atom. The van der Waals surface area contributed by atoms with Crippen LogP contribution in [0.1, 0.15) is 46.4 Å². The number of carboxylic acids is 1. The Labute approximate surface area is 218 Å². The molecule has 0 aromatic heterocycles. The zero-order chi connectivity index (χ0) is 27.1. The van der Waals surface area contributed by atoms with Crippen molar-refractivity contribution in [1.29, 1.82) is 0 Å². The third-order valence-electron chi connectivity index (χ3n) is 6.54. The Morgan fingerprint density at radius 1 is 0.789 bits per heavy atom. The summed E-state index contributed by atoms with van der Waals surface area (Å²) in [5, 5.41) is 14.2. The molecule has 0 spiro atoms. The fraction of sp³-hybridized carbons (Fsp3) is 0.276. The van der Waals surface area contributed by atoms with Gasteiger partial charge in [0.2, 0.25) is 5.82 Å². The molecule has 3 aromatic carbocycles. The lowest BCUT2D eigenvalue weighted by Crippen LogP contribution is -2.35. The Morgan fingerprint density at radius 3 is 2.13 bits per heavy atom. The molecule has 3 N–H and O–H groups in total. The number of carbonyl (C=O) groups is 3. The zero-order valence-electron chi connectivity index (χ0n) is 20.6. The minimum absolute atomic E-state index is 0.00901. The van der Waals surface area contributed by atoms with Crippen molar-refractivity contribution < 1.29 is 33.0 Å². The summed E-state index contributed by atoms with van der Waals surface area (Å²) >= 11 is 0. The van der Waals surface area contributed by atoms with Gasteiger partial charge in [-0.2, -0.15) is 4.39 Å². The average Bonchev–Trinajstić information content (AvgIpc) is 2.94. The summed E-state index contributed by atoms with van der Waals surface area (Å²) in [5.41, 5.74) is 1.85. The molecule has 1 aliphatic rings. The molecule has 38 heavy (non-hydrogen) atoms. The lowest BCUT2D eigenvalue weighted by atomic mass is 9.87. The number of carbonyl (C=O) groups excluding carboxylic acids is 2. The van der Waals surface area contributed by atoms with Gasteiger partial charge >= 0.3 is 5.97 Å². The van der Waals surface area contributed by atoms with E-state index in [0.29, 0.717) is 31.2 Å². The van der Waals surface area contributed by atoms with Crippen LogP contribution in [-0.4, -0.2) is 42.1 Å². The second-order valence-corrected chi connectivity index (χ2v) is 9.13. The number of halogens is 2. The molecule has 9 heteroatoms. The normalized spacial score (nSPS) is 16.9. The van der Waals surface area contributed by atoms with Gasteiger partial charge in [-0.3, -0.25) is 14.4 Å². The van der Waals surface area contributed by atoms with Crippen molar-refractivity contribution in [1.82, 2.24) is 10.6 Å². The summed E-state index contributed by atoms with van der Waals surface area (Å²) in [7, 11) is 0. The van der Waals surface area contributed by atoms with E-state index in [1.807, 2.05) is 36.4 Å². The summed E-state index contributed by atoms with van der Waals surface area (Å²) in [6, 6.07) is 19.1. The molecule has 0 aliphatic heterocycles. The Kier molecular flexibility index (Phi) is 8.68. The number of amides is 2.